The predicted octanol–water partition coefficient (Wildman–Crippen LogP) is 1.81. The molecule has 25 heavy (non-hydrogen) atoms. The van der Waals surface area contributed by atoms with E-state index in [2.05, 4.69) is 49.2 Å². The molecule has 7 heteroatoms. The Balaban J connectivity index is 1.51. The monoisotopic (exact) mass is 336 g/mol. The first-order chi connectivity index (χ1) is 12.2. The van der Waals surface area contributed by atoms with E-state index in [1.54, 1.807) is 18.5 Å². The zero-order valence-corrected chi connectivity index (χ0v) is 14.1. The number of nitrogens with zero attached hydrogens (tertiary/aromatic N) is 4. The topological polar surface area (TPSA) is 77.1 Å². The third kappa shape index (κ3) is 3.32. The van der Waals surface area contributed by atoms with Crippen molar-refractivity contribution in [2.45, 2.75) is 0 Å². The zero-order chi connectivity index (χ0) is 17.2. The standard InChI is InChI=1S/C18H20N6O/c1-23-8-10-24(11-9-23)15-4-2-14(3-5-15)21-18-20-12-13-6-7-19-17(25)16(13)22-18/h2-7,12H,8-11H2,1H3,(H,19,25)(H,20,21,22). The number of hydrogen-bond acceptors (Lipinski definition) is 6. The van der Waals surface area contributed by atoms with E-state index in [-0.39, 0.29) is 5.56 Å². The van der Waals surface area contributed by atoms with Crippen LogP contribution in [0.2, 0.25) is 0 Å². The SMILES string of the molecule is CN1CCN(c2ccc(Nc3ncc4cc[nH]c(=O)c4n3)cc2)CC1. The Morgan fingerprint density at radius 1 is 1.08 bits per heavy atom. The predicted molar refractivity (Wildman–Crippen MR) is 99.6 cm³/mol. The summed E-state index contributed by atoms with van der Waals surface area (Å²) < 4.78 is 0. The molecule has 0 atom stereocenters. The second-order valence-corrected chi connectivity index (χ2v) is 6.27. The molecule has 0 bridgehead atoms. The molecule has 3 aromatic rings. The maximum absolute atomic E-state index is 11.8. The lowest BCUT2D eigenvalue weighted by Gasteiger charge is -2.34. The number of rotatable bonds is 3. The van der Waals surface area contributed by atoms with E-state index >= 15 is 0 Å². The normalized spacial score (nSPS) is 15.5. The number of hydrogen-bond donors (Lipinski definition) is 2. The first-order valence-electron chi connectivity index (χ1n) is 8.34. The first-order valence-corrected chi connectivity index (χ1v) is 8.34. The average Bonchev–Trinajstić information content (AvgIpc) is 2.64. The summed E-state index contributed by atoms with van der Waals surface area (Å²) in [4.78, 5) is 27.8. The van der Waals surface area contributed by atoms with Gasteiger partial charge in [-0.15, -0.1) is 0 Å². The smallest absolute Gasteiger partial charge is 0.274 e. The zero-order valence-electron chi connectivity index (χ0n) is 14.1. The van der Waals surface area contributed by atoms with Crippen LogP contribution in [0.15, 0.2) is 47.5 Å². The van der Waals surface area contributed by atoms with Crippen molar-refractivity contribution in [3.63, 3.8) is 0 Å². The summed E-state index contributed by atoms with van der Waals surface area (Å²) in [5, 5.41) is 3.88. The first kappa shape index (κ1) is 15.6. The molecule has 0 spiro atoms. The molecule has 128 valence electrons. The number of nitrogens with one attached hydrogen (secondary N) is 2. The largest absolute Gasteiger partial charge is 0.369 e. The molecule has 0 saturated carbocycles. The highest BCUT2D eigenvalue weighted by Gasteiger charge is 2.14. The van der Waals surface area contributed by atoms with Crippen LogP contribution in [-0.2, 0) is 0 Å². The summed E-state index contributed by atoms with van der Waals surface area (Å²) in [5.74, 6) is 0.413. The minimum atomic E-state index is -0.214. The van der Waals surface area contributed by atoms with Gasteiger partial charge in [0.2, 0.25) is 5.95 Å². The molecule has 2 N–H and O–H groups in total. The van der Waals surface area contributed by atoms with Crippen LogP contribution in [-0.4, -0.2) is 53.1 Å². The van der Waals surface area contributed by atoms with Crippen molar-refractivity contribution in [1.82, 2.24) is 19.9 Å². The van der Waals surface area contributed by atoms with Gasteiger partial charge in [0.05, 0.1) is 0 Å². The molecule has 1 aliphatic rings. The van der Waals surface area contributed by atoms with Crippen LogP contribution >= 0.6 is 0 Å². The van der Waals surface area contributed by atoms with E-state index in [0.717, 1.165) is 37.3 Å². The maximum Gasteiger partial charge on any atom is 0.274 e. The highest BCUT2D eigenvalue weighted by Crippen LogP contribution is 2.21. The second kappa shape index (κ2) is 6.52. The highest BCUT2D eigenvalue weighted by molar-refractivity contribution is 5.77. The van der Waals surface area contributed by atoms with Gasteiger partial charge in [0.25, 0.3) is 5.56 Å². The van der Waals surface area contributed by atoms with Crippen LogP contribution in [0.3, 0.4) is 0 Å². The summed E-state index contributed by atoms with van der Waals surface area (Å²) in [6.07, 6.45) is 3.25. The molecule has 1 aromatic carbocycles. The molecule has 1 fully saturated rings. The van der Waals surface area contributed by atoms with Gasteiger partial charge < -0.3 is 20.1 Å². The van der Waals surface area contributed by atoms with Gasteiger partial charge in [-0.25, -0.2) is 9.97 Å². The number of piperazine rings is 1. The molecule has 4 rings (SSSR count). The number of pyridine rings is 1. The molecule has 1 aliphatic heterocycles. The fourth-order valence-electron chi connectivity index (χ4n) is 2.98. The Bertz CT molecular complexity index is 928. The third-order valence-corrected chi connectivity index (χ3v) is 4.50. The van der Waals surface area contributed by atoms with Gasteiger partial charge in [-0.2, -0.15) is 0 Å². The van der Waals surface area contributed by atoms with Crippen molar-refractivity contribution in [3.05, 3.63) is 53.1 Å². The summed E-state index contributed by atoms with van der Waals surface area (Å²) in [6.45, 7) is 4.25. The number of aromatic nitrogens is 3. The van der Waals surface area contributed by atoms with Crippen molar-refractivity contribution in [3.8, 4) is 0 Å². The highest BCUT2D eigenvalue weighted by atomic mass is 16.1. The molecule has 1 saturated heterocycles. The van der Waals surface area contributed by atoms with Gasteiger partial charge in [0.15, 0.2) is 0 Å². The van der Waals surface area contributed by atoms with Gasteiger partial charge in [-0.1, -0.05) is 0 Å². The third-order valence-electron chi connectivity index (χ3n) is 4.50. The van der Waals surface area contributed by atoms with E-state index in [1.165, 1.54) is 5.69 Å². The van der Waals surface area contributed by atoms with Crippen LogP contribution < -0.4 is 15.8 Å². The Kier molecular flexibility index (Phi) is 4.07. The van der Waals surface area contributed by atoms with Crippen molar-refractivity contribution in [1.29, 1.82) is 0 Å². The molecule has 0 aliphatic carbocycles. The number of aromatic amines is 1. The number of fused-ring (bicyclic) bond motifs is 1. The molecule has 2 aromatic heterocycles. The lowest BCUT2D eigenvalue weighted by Crippen LogP contribution is -2.44. The van der Waals surface area contributed by atoms with Gasteiger partial charge in [0, 0.05) is 55.3 Å². The maximum atomic E-state index is 11.8. The Morgan fingerprint density at radius 3 is 2.60 bits per heavy atom. The van der Waals surface area contributed by atoms with E-state index in [1.807, 2.05) is 12.1 Å². The second-order valence-electron chi connectivity index (χ2n) is 6.27. The minimum Gasteiger partial charge on any atom is -0.369 e. The van der Waals surface area contributed by atoms with E-state index in [9.17, 15) is 4.79 Å². The molecule has 7 nitrogen and oxygen atoms in total. The summed E-state index contributed by atoms with van der Waals surface area (Å²) >= 11 is 0. The van der Waals surface area contributed by atoms with Gasteiger partial charge >= 0.3 is 0 Å². The quantitative estimate of drug-likeness (QED) is 0.760. The Hall–Kier alpha value is -2.93. The summed E-state index contributed by atoms with van der Waals surface area (Å²) in [7, 11) is 2.15. The Morgan fingerprint density at radius 2 is 1.84 bits per heavy atom. The van der Waals surface area contributed by atoms with Crippen molar-refractivity contribution in [2.75, 3.05) is 43.4 Å². The summed E-state index contributed by atoms with van der Waals surface area (Å²) in [6, 6.07) is 10.0. The lowest BCUT2D eigenvalue weighted by molar-refractivity contribution is 0.313. The van der Waals surface area contributed by atoms with Crippen molar-refractivity contribution in [2.24, 2.45) is 0 Å². The molecule has 0 amide bonds. The summed E-state index contributed by atoms with van der Waals surface area (Å²) in [5.41, 5.74) is 2.28. The molecular weight excluding hydrogens is 316 g/mol. The van der Waals surface area contributed by atoms with Crippen molar-refractivity contribution >= 4 is 28.2 Å². The van der Waals surface area contributed by atoms with Crippen LogP contribution in [0.1, 0.15) is 0 Å². The van der Waals surface area contributed by atoms with Crippen LogP contribution in [0.5, 0.6) is 0 Å². The van der Waals surface area contributed by atoms with Crippen molar-refractivity contribution < 1.29 is 0 Å². The van der Waals surface area contributed by atoms with Gasteiger partial charge in [0.1, 0.15) is 5.52 Å². The van der Waals surface area contributed by atoms with E-state index in [0.29, 0.717) is 11.5 Å². The molecule has 0 unspecified atom stereocenters. The van der Waals surface area contributed by atoms with Gasteiger partial charge in [-0.3, -0.25) is 4.79 Å². The molecule has 3 heterocycles. The van der Waals surface area contributed by atoms with E-state index in [4.69, 9.17) is 0 Å². The van der Waals surface area contributed by atoms with Crippen LogP contribution in [0.4, 0.5) is 17.3 Å². The number of H-pyrrole nitrogens is 1. The lowest BCUT2D eigenvalue weighted by atomic mass is 10.2. The van der Waals surface area contributed by atoms with Crippen LogP contribution in [0.25, 0.3) is 10.9 Å². The average molecular weight is 336 g/mol. The fraction of sp³-hybridized carbons (Fsp3) is 0.278. The minimum absolute atomic E-state index is 0.214. The van der Waals surface area contributed by atoms with E-state index < -0.39 is 0 Å². The van der Waals surface area contributed by atoms with Gasteiger partial charge in [-0.05, 0) is 37.4 Å². The number of likely N-dealkylation sites (N-methyl/N-ethyl adjacent to an activating group) is 1. The fourth-order valence-corrected chi connectivity index (χ4v) is 2.98. The number of anilines is 3. The number of benzene rings is 1. The molecular formula is C18H20N6O. The van der Waals surface area contributed by atoms with Crippen LogP contribution in [0, 0.1) is 0 Å². The molecule has 0 radical (unpaired) electrons. The Labute approximate surface area is 145 Å².